The Labute approximate surface area is 116 Å². The average Bonchev–Trinajstić information content (AvgIpc) is 2.89. The Morgan fingerprint density at radius 2 is 2.33 bits per heavy atom. The molecule has 6 heteroatoms. The molecule has 3 heterocycles. The molecule has 0 bridgehead atoms. The number of aryl methyl sites for hydroxylation is 1. The van der Waals surface area contributed by atoms with E-state index in [1.54, 1.807) is 17.1 Å². The molecule has 18 heavy (non-hydrogen) atoms. The predicted molar refractivity (Wildman–Crippen MR) is 74.2 cm³/mol. The molecule has 3 rings (SSSR count). The van der Waals surface area contributed by atoms with Crippen molar-refractivity contribution in [2.24, 2.45) is 7.05 Å². The van der Waals surface area contributed by atoms with E-state index in [2.05, 4.69) is 32.1 Å². The molecule has 0 radical (unpaired) electrons. The zero-order valence-electron chi connectivity index (χ0n) is 9.38. The summed E-state index contributed by atoms with van der Waals surface area (Å²) in [7, 11) is 1.86. The van der Waals surface area contributed by atoms with E-state index in [9.17, 15) is 5.26 Å². The molecular formula is C12H7BrN4S. The van der Waals surface area contributed by atoms with Gasteiger partial charge in [-0.05, 0) is 28.1 Å². The number of thiophene rings is 1. The number of pyridine rings is 1. The molecule has 88 valence electrons. The lowest BCUT2D eigenvalue weighted by molar-refractivity contribution is 0.777. The van der Waals surface area contributed by atoms with Crippen LogP contribution in [-0.4, -0.2) is 14.8 Å². The highest BCUT2D eigenvalue weighted by atomic mass is 79.9. The van der Waals surface area contributed by atoms with Crippen LogP contribution in [0.4, 0.5) is 0 Å². The summed E-state index contributed by atoms with van der Waals surface area (Å²) in [6.07, 6.45) is 3.47. The van der Waals surface area contributed by atoms with Crippen LogP contribution in [0.15, 0.2) is 29.0 Å². The molecule has 0 amide bonds. The number of nitrogens with zero attached hydrogens (tertiary/aromatic N) is 4. The fraction of sp³-hybridized carbons (Fsp3) is 0.0833. The van der Waals surface area contributed by atoms with Crippen LogP contribution in [0.3, 0.4) is 0 Å². The van der Waals surface area contributed by atoms with Gasteiger partial charge in [-0.2, -0.15) is 10.4 Å². The second-order valence-corrected chi connectivity index (χ2v) is 5.59. The lowest BCUT2D eigenvalue weighted by atomic mass is 10.1. The van der Waals surface area contributed by atoms with E-state index in [4.69, 9.17) is 0 Å². The van der Waals surface area contributed by atoms with Gasteiger partial charge in [-0.3, -0.25) is 4.68 Å². The van der Waals surface area contributed by atoms with Crippen LogP contribution < -0.4 is 0 Å². The van der Waals surface area contributed by atoms with Crippen molar-refractivity contribution < 1.29 is 0 Å². The summed E-state index contributed by atoms with van der Waals surface area (Å²) in [5, 5.41) is 14.5. The first-order chi connectivity index (χ1) is 8.72. The van der Waals surface area contributed by atoms with Gasteiger partial charge in [0.1, 0.15) is 10.9 Å². The van der Waals surface area contributed by atoms with Gasteiger partial charge in [0.2, 0.25) is 0 Å². The second-order valence-electron chi connectivity index (χ2n) is 3.74. The Morgan fingerprint density at radius 3 is 3.00 bits per heavy atom. The highest BCUT2D eigenvalue weighted by Crippen LogP contribution is 2.39. The van der Waals surface area contributed by atoms with Crippen LogP contribution in [0.25, 0.3) is 20.8 Å². The Bertz CT molecular complexity index is 762. The fourth-order valence-corrected chi connectivity index (χ4v) is 3.74. The lowest BCUT2D eigenvalue weighted by Gasteiger charge is -2.00. The lowest BCUT2D eigenvalue weighted by Crippen LogP contribution is -1.93. The summed E-state index contributed by atoms with van der Waals surface area (Å²) >= 11 is 4.98. The highest BCUT2D eigenvalue weighted by Gasteiger charge is 2.19. The van der Waals surface area contributed by atoms with Crippen molar-refractivity contribution in [3.05, 3.63) is 34.6 Å². The van der Waals surface area contributed by atoms with Crippen LogP contribution in [-0.2, 0) is 7.05 Å². The Hall–Kier alpha value is -1.71. The van der Waals surface area contributed by atoms with E-state index in [0.717, 1.165) is 25.3 Å². The first-order valence-corrected chi connectivity index (χ1v) is 6.79. The third-order valence-corrected chi connectivity index (χ3v) is 4.39. The predicted octanol–water partition coefficient (Wildman–Crippen LogP) is 3.33. The molecule has 0 unspecified atom stereocenters. The molecule has 0 aliphatic heterocycles. The van der Waals surface area contributed by atoms with Crippen molar-refractivity contribution >= 4 is 37.5 Å². The van der Waals surface area contributed by atoms with Gasteiger partial charge in [0, 0.05) is 18.6 Å². The van der Waals surface area contributed by atoms with Crippen LogP contribution in [0.5, 0.6) is 0 Å². The van der Waals surface area contributed by atoms with E-state index in [0.29, 0.717) is 5.56 Å². The summed E-state index contributed by atoms with van der Waals surface area (Å²) < 4.78 is 2.64. The molecule has 3 aromatic heterocycles. The summed E-state index contributed by atoms with van der Waals surface area (Å²) in [4.78, 5) is 6.08. The normalized spacial score (nSPS) is 10.7. The second kappa shape index (κ2) is 4.19. The number of halogens is 1. The molecule has 3 aromatic rings. The van der Waals surface area contributed by atoms with Crippen molar-refractivity contribution in [3.8, 4) is 16.6 Å². The third kappa shape index (κ3) is 1.55. The van der Waals surface area contributed by atoms with E-state index in [1.807, 2.05) is 19.2 Å². The molecule has 0 aromatic carbocycles. The summed E-state index contributed by atoms with van der Waals surface area (Å²) in [5.74, 6) is 0. The van der Waals surface area contributed by atoms with Gasteiger partial charge in [0.15, 0.2) is 0 Å². The van der Waals surface area contributed by atoms with Crippen molar-refractivity contribution in [1.29, 1.82) is 5.26 Å². The summed E-state index contributed by atoms with van der Waals surface area (Å²) in [5.41, 5.74) is 1.57. The Kier molecular flexibility index (Phi) is 2.65. The average molecular weight is 319 g/mol. The van der Waals surface area contributed by atoms with Gasteiger partial charge in [0.05, 0.1) is 26.8 Å². The Morgan fingerprint density at radius 1 is 1.50 bits per heavy atom. The number of fused-ring (bicyclic) bond motifs is 1. The molecule has 0 fully saturated rings. The molecule has 0 aliphatic rings. The van der Waals surface area contributed by atoms with Crippen LogP contribution in [0.1, 0.15) is 5.56 Å². The van der Waals surface area contributed by atoms with Crippen LogP contribution in [0, 0.1) is 11.3 Å². The van der Waals surface area contributed by atoms with Crippen molar-refractivity contribution in [2.45, 2.75) is 0 Å². The van der Waals surface area contributed by atoms with Crippen LogP contribution in [0.2, 0.25) is 0 Å². The quantitative estimate of drug-likeness (QED) is 0.691. The minimum Gasteiger partial charge on any atom is -0.266 e. The van der Waals surface area contributed by atoms with Gasteiger partial charge in [-0.1, -0.05) is 0 Å². The largest absolute Gasteiger partial charge is 0.266 e. The monoisotopic (exact) mass is 318 g/mol. The first kappa shape index (κ1) is 11.4. The number of nitriles is 1. The Balaban J connectivity index is 2.40. The molecule has 0 spiro atoms. The maximum absolute atomic E-state index is 9.37. The zero-order valence-corrected chi connectivity index (χ0v) is 11.8. The van der Waals surface area contributed by atoms with Gasteiger partial charge in [0.25, 0.3) is 0 Å². The molecule has 0 aliphatic carbocycles. The van der Waals surface area contributed by atoms with E-state index >= 15 is 0 Å². The van der Waals surface area contributed by atoms with Gasteiger partial charge >= 0.3 is 0 Å². The smallest absolute Gasteiger partial charge is 0.125 e. The van der Waals surface area contributed by atoms with E-state index < -0.39 is 0 Å². The maximum Gasteiger partial charge on any atom is 0.125 e. The van der Waals surface area contributed by atoms with Crippen molar-refractivity contribution in [2.75, 3.05) is 0 Å². The third-order valence-electron chi connectivity index (χ3n) is 2.69. The number of rotatable bonds is 1. The molecular weight excluding hydrogens is 312 g/mol. The number of hydrogen-bond acceptors (Lipinski definition) is 4. The maximum atomic E-state index is 9.37. The minimum absolute atomic E-state index is 0.660. The summed E-state index contributed by atoms with van der Waals surface area (Å²) in [6.45, 7) is 0. The SMILES string of the molecule is Cn1ncc(Br)c1-c1sc2ncccc2c1C#N. The van der Waals surface area contributed by atoms with E-state index in [-0.39, 0.29) is 0 Å². The topological polar surface area (TPSA) is 54.5 Å². The van der Waals surface area contributed by atoms with E-state index in [1.165, 1.54) is 11.3 Å². The first-order valence-electron chi connectivity index (χ1n) is 5.18. The van der Waals surface area contributed by atoms with Gasteiger partial charge in [-0.25, -0.2) is 4.98 Å². The number of aromatic nitrogens is 3. The van der Waals surface area contributed by atoms with Crippen molar-refractivity contribution in [1.82, 2.24) is 14.8 Å². The standard InChI is InChI=1S/C12H7BrN4S/c1-17-10(9(13)6-16-17)11-8(5-14)7-3-2-4-15-12(7)18-11/h2-4,6H,1H3. The van der Waals surface area contributed by atoms with Crippen LogP contribution >= 0.6 is 27.3 Å². The van der Waals surface area contributed by atoms with Crippen molar-refractivity contribution in [3.63, 3.8) is 0 Å². The summed E-state index contributed by atoms with van der Waals surface area (Å²) in [6, 6.07) is 6.04. The van der Waals surface area contributed by atoms with Gasteiger partial charge < -0.3 is 0 Å². The molecule has 4 nitrogen and oxygen atoms in total. The number of hydrogen-bond donors (Lipinski definition) is 0. The molecule has 0 saturated carbocycles. The zero-order chi connectivity index (χ0) is 12.7. The fourth-order valence-electron chi connectivity index (χ4n) is 1.88. The molecule has 0 atom stereocenters. The minimum atomic E-state index is 0.660. The molecule has 0 saturated heterocycles. The van der Waals surface area contributed by atoms with Gasteiger partial charge in [-0.15, -0.1) is 11.3 Å². The molecule has 0 N–H and O–H groups in total. The highest BCUT2D eigenvalue weighted by molar-refractivity contribution is 9.10.